The minimum absolute atomic E-state index is 0.0785. The van der Waals surface area contributed by atoms with Gasteiger partial charge in [-0.15, -0.1) is 0 Å². The summed E-state index contributed by atoms with van der Waals surface area (Å²) >= 11 is 0. The van der Waals surface area contributed by atoms with E-state index in [4.69, 9.17) is 5.26 Å². The normalized spacial score (nSPS) is 11.1. The molecule has 0 atom stereocenters. The summed E-state index contributed by atoms with van der Waals surface area (Å²) in [6.07, 6.45) is 1.51. The number of nitrogens with zero attached hydrogens (tertiary/aromatic N) is 3. The predicted molar refractivity (Wildman–Crippen MR) is 44.0 cm³/mol. The lowest BCUT2D eigenvalue weighted by Crippen LogP contribution is -2.24. The zero-order valence-electron chi connectivity index (χ0n) is 6.93. The first-order chi connectivity index (χ1) is 6.06. The molecule has 0 aliphatic carbocycles. The third kappa shape index (κ3) is 2.27. The molecule has 0 fully saturated rings. The van der Waals surface area contributed by atoms with E-state index in [-0.39, 0.29) is 11.6 Å². The van der Waals surface area contributed by atoms with Crippen LogP contribution in [0.3, 0.4) is 0 Å². The van der Waals surface area contributed by atoms with E-state index in [1.807, 2.05) is 0 Å². The van der Waals surface area contributed by atoms with E-state index in [0.717, 1.165) is 0 Å². The van der Waals surface area contributed by atoms with Crippen molar-refractivity contribution < 1.29 is 8.42 Å². The first-order valence-electron chi connectivity index (χ1n) is 3.42. The number of nitriles is 1. The van der Waals surface area contributed by atoms with Gasteiger partial charge in [0.15, 0.2) is 5.03 Å². The lowest BCUT2D eigenvalue weighted by atomic mass is 10.7. The van der Waals surface area contributed by atoms with Crippen LogP contribution in [0.15, 0.2) is 17.3 Å². The minimum atomic E-state index is -3.61. The molecule has 70 valence electrons. The molecule has 13 heavy (non-hydrogen) atoms. The Morgan fingerprint density at radius 1 is 1.77 bits per heavy atom. The average Bonchev–Trinajstić information content (AvgIpc) is 2.49. The van der Waals surface area contributed by atoms with Crippen molar-refractivity contribution in [2.24, 2.45) is 7.05 Å². The Balaban J connectivity index is 2.89. The van der Waals surface area contributed by atoms with Gasteiger partial charge in [0.05, 0.1) is 12.6 Å². The lowest BCUT2D eigenvalue weighted by molar-refractivity contribution is 0.578. The number of hydrogen-bond donors (Lipinski definition) is 1. The SMILES string of the molecule is Cn1ccc(S(=O)(=O)NCC#N)n1. The van der Waals surface area contributed by atoms with Crippen LogP contribution < -0.4 is 4.72 Å². The van der Waals surface area contributed by atoms with Gasteiger partial charge in [-0.25, -0.2) is 8.42 Å². The molecule has 0 saturated heterocycles. The van der Waals surface area contributed by atoms with Gasteiger partial charge >= 0.3 is 0 Å². The van der Waals surface area contributed by atoms with E-state index in [2.05, 4.69) is 9.82 Å². The van der Waals surface area contributed by atoms with Gasteiger partial charge in [0.25, 0.3) is 10.0 Å². The van der Waals surface area contributed by atoms with Crippen LogP contribution in [0.2, 0.25) is 0 Å². The highest BCUT2D eigenvalue weighted by Crippen LogP contribution is 2.02. The van der Waals surface area contributed by atoms with Crippen molar-refractivity contribution in [2.45, 2.75) is 5.03 Å². The van der Waals surface area contributed by atoms with E-state index in [9.17, 15) is 8.42 Å². The van der Waals surface area contributed by atoms with Gasteiger partial charge in [0.1, 0.15) is 0 Å². The van der Waals surface area contributed by atoms with Gasteiger partial charge in [0, 0.05) is 13.2 Å². The number of hydrogen-bond acceptors (Lipinski definition) is 4. The summed E-state index contributed by atoms with van der Waals surface area (Å²) in [6.45, 7) is -0.251. The fourth-order valence-electron chi connectivity index (χ4n) is 0.738. The summed E-state index contributed by atoms with van der Waals surface area (Å²) in [4.78, 5) is 0. The maximum absolute atomic E-state index is 11.3. The molecule has 6 nitrogen and oxygen atoms in total. The molecule has 0 unspecified atom stereocenters. The molecule has 1 aromatic rings. The van der Waals surface area contributed by atoms with Crippen molar-refractivity contribution in [3.8, 4) is 6.07 Å². The third-order valence-corrected chi connectivity index (χ3v) is 2.60. The number of nitrogens with one attached hydrogen (secondary N) is 1. The Morgan fingerprint density at radius 3 is 2.92 bits per heavy atom. The summed E-state index contributed by atoms with van der Waals surface area (Å²) in [6, 6.07) is 3.04. The van der Waals surface area contributed by atoms with Crippen molar-refractivity contribution >= 4 is 10.0 Å². The lowest BCUT2D eigenvalue weighted by Gasteiger charge is -1.97. The Labute approximate surface area is 75.8 Å². The maximum Gasteiger partial charge on any atom is 0.260 e. The van der Waals surface area contributed by atoms with E-state index in [1.54, 1.807) is 13.1 Å². The second-order valence-corrected chi connectivity index (χ2v) is 4.02. The fraction of sp³-hybridized carbons (Fsp3) is 0.333. The van der Waals surface area contributed by atoms with Gasteiger partial charge < -0.3 is 0 Å². The van der Waals surface area contributed by atoms with Crippen LogP contribution in [0.5, 0.6) is 0 Å². The maximum atomic E-state index is 11.3. The molecular formula is C6H8N4O2S. The van der Waals surface area contributed by atoms with Crippen LogP contribution >= 0.6 is 0 Å². The molecule has 0 saturated carbocycles. The van der Waals surface area contributed by atoms with Gasteiger partial charge in [-0.2, -0.15) is 15.1 Å². The molecule has 0 aliphatic rings. The topological polar surface area (TPSA) is 87.8 Å². The Bertz CT molecular complexity index is 428. The average molecular weight is 200 g/mol. The summed E-state index contributed by atoms with van der Waals surface area (Å²) in [5.41, 5.74) is 0. The van der Waals surface area contributed by atoms with E-state index >= 15 is 0 Å². The molecule has 0 radical (unpaired) electrons. The highest BCUT2D eigenvalue weighted by atomic mass is 32.2. The van der Waals surface area contributed by atoms with Gasteiger partial charge in [0.2, 0.25) is 0 Å². The quantitative estimate of drug-likeness (QED) is 0.648. The van der Waals surface area contributed by atoms with Crippen LogP contribution in [-0.2, 0) is 17.1 Å². The smallest absolute Gasteiger partial charge is 0.260 e. The molecule has 0 amide bonds. The van der Waals surface area contributed by atoms with Crippen LogP contribution in [0.25, 0.3) is 0 Å². The summed E-state index contributed by atoms with van der Waals surface area (Å²) in [7, 11) is -1.99. The second-order valence-electron chi connectivity index (χ2n) is 2.31. The fourth-order valence-corrected chi connectivity index (χ4v) is 1.62. The second kappa shape index (κ2) is 3.55. The van der Waals surface area contributed by atoms with Gasteiger partial charge in [-0.3, -0.25) is 4.68 Å². The molecule has 1 aromatic heterocycles. The van der Waals surface area contributed by atoms with Gasteiger partial charge in [-0.1, -0.05) is 0 Å². The monoisotopic (exact) mass is 200 g/mol. The predicted octanol–water partition coefficient (Wildman–Crippen LogP) is -0.778. The van der Waals surface area contributed by atoms with Crippen molar-refractivity contribution in [1.82, 2.24) is 14.5 Å². The minimum Gasteiger partial charge on any atom is -0.274 e. The molecule has 1 N–H and O–H groups in total. The van der Waals surface area contributed by atoms with E-state index in [1.165, 1.54) is 16.9 Å². The highest BCUT2D eigenvalue weighted by molar-refractivity contribution is 7.89. The molecule has 1 rings (SSSR count). The first kappa shape index (κ1) is 9.70. The summed E-state index contributed by atoms with van der Waals surface area (Å²) in [5.74, 6) is 0. The standard InChI is InChI=1S/C6H8N4O2S/c1-10-5-2-6(9-10)13(11,12)8-4-3-7/h2,5,8H,4H2,1H3. The molecule has 1 heterocycles. The molecule has 7 heteroatoms. The Morgan fingerprint density at radius 2 is 2.46 bits per heavy atom. The molecular weight excluding hydrogens is 192 g/mol. The number of rotatable bonds is 3. The van der Waals surface area contributed by atoms with E-state index in [0.29, 0.717) is 0 Å². The van der Waals surface area contributed by atoms with Crippen LogP contribution in [0.1, 0.15) is 0 Å². The summed E-state index contributed by atoms with van der Waals surface area (Å²) in [5, 5.41) is 11.8. The van der Waals surface area contributed by atoms with Gasteiger partial charge in [-0.05, 0) is 6.07 Å². The van der Waals surface area contributed by atoms with Crippen LogP contribution in [-0.4, -0.2) is 24.7 Å². The van der Waals surface area contributed by atoms with Crippen LogP contribution in [0, 0.1) is 11.3 Å². The van der Waals surface area contributed by atoms with Crippen molar-refractivity contribution in [1.29, 1.82) is 5.26 Å². The van der Waals surface area contributed by atoms with Crippen molar-refractivity contribution in [3.05, 3.63) is 12.3 Å². The molecule has 0 bridgehead atoms. The third-order valence-electron chi connectivity index (χ3n) is 1.31. The first-order valence-corrected chi connectivity index (χ1v) is 4.91. The van der Waals surface area contributed by atoms with E-state index < -0.39 is 10.0 Å². The zero-order chi connectivity index (χ0) is 9.90. The zero-order valence-corrected chi connectivity index (χ0v) is 7.74. The highest BCUT2D eigenvalue weighted by Gasteiger charge is 2.15. The van der Waals surface area contributed by atoms with Crippen molar-refractivity contribution in [3.63, 3.8) is 0 Å². The number of aryl methyl sites for hydroxylation is 1. The Hall–Kier alpha value is -1.39. The Kier molecular flexibility index (Phi) is 2.65. The molecule has 0 aliphatic heterocycles. The molecule has 0 aromatic carbocycles. The number of aromatic nitrogens is 2. The van der Waals surface area contributed by atoms with Crippen molar-refractivity contribution in [2.75, 3.05) is 6.54 Å². The number of sulfonamides is 1. The largest absolute Gasteiger partial charge is 0.274 e. The van der Waals surface area contributed by atoms with Crippen LogP contribution in [0.4, 0.5) is 0 Å². The summed E-state index contributed by atoms with van der Waals surface area (Å²) < 4.78 is 26.0. The molecule has 0 spiro atoms.